The van der Waals surface area contributed by atoms with Crippen molar-refractivity contribution in [1.82, 2.24) is 0 Å². The van der Waals surface area contributed by atoms with E-state index in [1.807, 2.05) is 0 Å². The summed E-state index contributed by atoms with van der Waals surface area (Å²) in [4.78, 5) is 0. The van der Waals surface area contributed by atoms with Crippen molar-refractivity contribution in [3.05, 3.63) is 0 Å². The molecule has 0 aromatic carbocycles. The van der Waals surface area contributed by atoms with Crippen LogP contribution in [0.5, 0.6) is 0 Å². The molecule has 0 saturated heterocycles. The van der Waals surface area contributed by atoms with Crippen LogP contribution in [0.1, 0.15) is 0 Å². The van der Waals surface area contributed by atoms with Crippen LogP contribution >= 0.6 is 0 Å². The minimum Gasteiger partial charge on any atom is 2.00 e. The molecule has 0 bridgehead atoms. The quantitative estimate of drug-likeness (QED) is 0.428. The third-order valence-corrected chi connectivity index (χ3v) is 0.556. The van der Waals surface area contributed by atoms with Gasteiger partial charge in [0.1, 0.15) is 0 Å². The minimum atomic E-state index is -2.27. The van der Waals surface area contributed by atoms with Crippen molar-refractivity contribution in [2.24, 2.45) is 0 Å². The summed E-state index contributed by atoms with van der Waals surface area (Å²) in [5.41, 5.74) is 0. The SMILES string of the molecule is O.O.O.O.O=BOB([O-])OB([O-])OB=O.[Sr+2]. The molecule has 0 aliphatic carbocycles. The second-order valence-electron chi connectivity index (χ2n) is 1.18. The summed E-state index contributed by atoms with van der Waals surface area (Å²) in [6.07, 6.45) is 0. The average Bonchev–Trinajstić information content (AvgIpc) is 1.87. The molecular weight excluding hydrogens is 307 g/mol. The molecule has 11 nitrogen and oxygen atoms in total. The second-order valence-corrected chi connectivity index (χ2v) is 1.18. The molecule has 0 aliphatic heterocycles. The van der Waals surface area contributed by atoms with Crippen LogP contribution < -0.4 is 10.0 Å². The van der Waals surface area contributed by atoms with Gasteiger partial charge >= 0.3 is 108 Å². The first-order valence-electron chi connectivity index (χ1n) is 2.36. The molecule has 0 spiro atoms. The van der Waals surface area contributed by atoms with Gasteiger partial charge in [0.2, 0.25) is 0 Å². The van der Waals surface area contributed by atoms with Crippen molar-refractivity contribution in [2.45, 2.75) is 0 Å². The van der Waals surface area contributed by atoms with Gasteiger partial charge in [-0.3, -0.25) is 0 Å². The molecule has 0 amide bonds. The molecule has 0 radical (unpaired) electrons. The normalized spacial score (nSPS) is 5.12. The van der Waals surface area contributed by atoms with Gasteiger partial charge in [-0.05, 0) is 0 Å². The summed E-state index contributed by atoms with van der Waals surface area (Å²) in [6, 6.07) is 0. The molecule has 0 unspecified atom stereocenters. The van der Waals surface area contributed by atoms with E-state index in [2.05, 4.69) is 13.7 Å². The largest absolute Gasteiger partial charge is 2.00 e. The van der Waals surface area contributed by atoms with Gasteiger partial charge in [-0.2, -0.15) is 0 Å². The number of hydrogen-bond acceptors (Lipinski definition) is 7. The van der Waals surface area contributed by atoms with Crippen LogP contribution in [0.2, 0.25) is 0 Å². The molecule has 88 valence electrons. The molecule has 0 fully saturated rings. The van der Waals surface area contributed by atoms with Gasteiger partial charge < -0.3 is 21.9 Å². The van der Waals surface area contributed by atoms with Crippen molar-refractivity contribution in [2.75, 3.05) is 0 Å². The number of hydrogen-bond donors (Lipinski definition) is 0. The Balaban J connectivity index is -0.0000000500. The van der Waals surface area contributed by atoms with E-state index < -0.39 is 14.6 Å². The molecule has 0 aromatic heterocycles. The summed E-state index contributed by atoms with van der Waals surface area (Å²) in [5.74, 6) is 0. The standard InChI is InChI=1S/B4O7.4H2O.Sr/c5-1-9-3(7)11-4(8)10-2-6;;;;;/h;4*1H2;/q-2;;;;;+2. The summed E-state index contributed by atoms with van der Waals surface area (Å²) in [7, 11) is -4.92. The maximum Gasteiger partial charge on any atom is 2.00 e. The Morgan fingerprint density at radius 2 is 1.06 bits per heavy atom. The Hall–Kier alpha value is 0.660. The zero-order valence-corrected chi connectivity index (χ0v) is 11.4. The molecular formula is H8B4O11Sr. The van der Waals surface area contributed by atoms with Crippen LogP contribution in [-0.2, 0) is 23.1 Å². The molecule has 16 heavy (non-hydrogen) atoms. The van der Waals surface area contributed by atoms with E-state index in [9.17, 15) is 19.5 Å². The summed E-state index contributed by atoms with van der Waals surface area (Å²) in [6.45, 7) is 0. The van der Waals surface area contributed by atoms with Crippen LogP contribution in [0.4, 0.5) is 0 Å². The first-order chi connectivity index (χ1) is 5.20. The minimum absolute atomic E-state index is 0. The van der Waals surface area contributed by atoms with Crippen LogP contribution in [-0.4, -0.2) is 96.7 Å². The van der Waals surface area contributed by atoms with Gasteiger partial charge in [0, 0.05) is 0 Å². The van der Waals surface area contributed by atoms with E-state index in [-0.39, 0.29) is 82.1 Å². The predicted molar refractivity (Wildman–Crippen MR) is 47.9 cm³/mol. The van der Waals surface area contributed by atoms with Gasteiger partial charge in [-0.1, -0.05) is 0 Å². The van der Waals surface area contributed by atoms with Gasteiger partial charge in [0.15, 0.2) is 0 Å². The fourth-order valence-corrected chi connectivity index (χ4v) is 0.246. The van der Waals surface area contributed by atoms with Crippen LogP contribution in [0.25, 0.3) is 0 Å². The zero-order valence-electron chi connectivity index (χ0n) is 7.87. The van der Waals surface area contributed by atoms with Gasteiger partial charge in [-0.25, -0.2) is 0 Å². The Kier molecular flexibility index (Phi) is 55.6. The van der Waals surface area contributed by atoms with E-state index >= 15 is 0 Å². The number of rotatable bonds is 6. The third kappa shape index (κ3) is 24.1. The monoisotopic (exact) mass is 316 g/mol. The maximum absolute atomic E-state index is 10.1. The molecule has 16 heteroatoms. The molecule has 0 aliphatic rings. The van der Waals surface area contributed by atoms with E-state index in [1.165, 1.54) is 0 Å². The van der Waals surface area contributed by atoms with Gasteiger partial charge in [-0.15, -0.1) is 0 Å². The fraction of sp³-hybridized carbons (Fsp3) is 0. The predicted octanol–water partition coefficient (Wildman–Crippen LogP) is -8.02. The van der Waals surface area contributed by atoms with E-state index in [0.717, 1.165) is 0 Å². The topological polar surface area (TPSA) is 234 Å². The maximum atomic E-state index is 10.1. The smallest absolute Gasteiger partial charge is 2.00 e. The first-order valence-corrected chi connectivity index (χ1v) is 2.36. The molecule has 0 aromatic rings. The molecule has 0 heterocycles. The summed E-state index contributed by atoms with van der Waals surface area (Å²) in [5, 5.41) is 20.3. The van der Waals surface area contributed by atoms with E-state index in [0.29, 0.717) is 0 Å². The van der Waals surface area contributed by atoms with Crippen molar-refractivity contribution >= 4 is 74.8 Å². The van der Waals surface area contributed by atoms with Crippen molar-refractivity contribution in [3.8, 4) is 0 Å². The van der Waals surface area contributed by atoms with Crippen molar-refractivity contribution < 1.29 is 55.1 Å². The van der Waals surface area contributed by atoms with Crippen molar-refractivity contribution in [3.63, 3.8) is 0 Å². The van der Waals surface area contributed by atoms with Crippen LogP contribution in [0, 0.1) is 0 Å². The molecule has 8 N–H and O–H groups in total. The second kappa shape index (κ2) is 24.8. The van der Waals surface area contributed by atoms with Crippen LogP contribution in [0.3, 0.4) is 0 Å². The van der Waals surface area contributed by atoms with Gasteiger partial charge in [0.05, 0.1) is 0 Å². The van der Waals surface area contributed by atoms with Crippen molar-refractivity contribution in [1.29, 1.82) is 0 Å². The fourth-order valence-electron chi connectivity index (χ4n) is 0.246. The van der Waals surface area contributed by atoms with Gasteiger partial charge in [0.25, 0.3) is 0 Å². The Bertz CT molecular complexity index is 117. The molecule has 0 atom stereocenters. The van der Waals surface area contributed by atoms with E-state index in [4.69, 9.17) is 0 Å². The Morgan fingerprint density at radius 3 is 1.25 bits per heavy atom. The van der Waals surface area contributed by atoms with E-state index in [1.54, 1.807) is 0 Å². The Labute approximate surface area is 129 Å². The zero-order chi connectivity index (χ0) is 8.69. The summed E-state index contributed by atoms with van der Waals surface area (Å²) >= 11 is 0. The third-order valence-electron chi connectivity index (χ3n) is 0.556. The first kappa shape index (κ1) is 36.0. The summed E-state index contributed by atoms with van der Waals surface area (Å²) < 4.78 is 29.8. The Morgan fingerprint density at radius 1 is 0.812 bits per heavy atom. The average molecular weight is 315 g/mol. The molecule has 0 rings (SSSR count). The van der Waals surface area contributed by atoms with Crippen LogP contribution in [0.15, 0.2) is 0 Å². The molecule has 0 saturated carbocycles.